The number of carboxylic acids is 1. The van der Waals surface area contributed by atoms with E-state index in [1.807, 2.05) is 0 Å². The number of carboxylic acid groups (broad SMARTS) is 1. The molecule has 0 aliphatic heterocycles. The molecule has 0 aliphatic rings. The van der Waals surface area contributed by atoms with E-state index in [-0.39, 0.29) is 12.1 Å². The second kappa shape index (κ2) is 6.03. The number of rotatable bonds is 4. The smallest absolute Gasteiger partial charge is 0.307 e. The van der Waals surface area contributed by atoms with Gasteiger partial charge in [0.15, 0.2) is 5.75 Å². The number of carbonyl (C=O) groups is 1. The van der Waals surface area contributed by atoms with Crippen LogP contribution in [0.1, 0.15) is 5.56 Å². The van der Waals surface area contributed by atoms with E-state index in [2.05, 4.69) is 0 Å². The first-order valence-electron chi connectivity index (χ1n) is 5.69. The Hall–Kier alpha value is -1.91. The fraction of sp³-hybridized carbons (Fsp3) is 0.0714. The summed E-state index contributed by atoms with van der Waals surface area (Å²) in [6.45, 7) is 0. The SMILES string of the molecule is Nc1c(CC(=O)O)cccc1Oc1ccc(Cl)cc1Cl. The Morgan fingerprint density at radius 2 is 1.95 bits per heavy atom. The standard InChI is InChI=1S/C14H11Cl2NO3/c15-9-4-5-11(10(16)7-9)20-12-3-1-2-8(14(12)17)6-13(18)19/h1-5,7H,6,17H2,(H,18,19). The Kier molecular flexibility index (Phi) is 4.37. The second-order valence-corrected chi connectivity index (χ2v) is 4.92. The molecule has 0 bridgehead atoms. The van der Waals surface area contributed by atoms with Crippen LogP contribution in [0.2, 0.25) is 10.0 Å². The Labute approximate surface area is 125 Å². The topological polar surface area (TPSA) is 72.6 Å². The quantitative estimate of drug-likeness (QED) is 0.837. The lowest BCUT2D eigenvalue weighted by atomic mass is 10.1. The van der Waals surface area contributed by atoms with E-state index in [9.17, 15) is 4.79 Å². The number of para-hydroxylation sites is 1. The molecule has 6 heteroatoms. The number of benzene rings is 2. The maximum Gasteiger partial charge on any atom is 0.307 e. The first-order valence-corrected chi connectivity index (χ1v) is 6.45. The van der Waals surface area contributed by atoms with E-state index in [1.54, 1.807) is 36.4 Å². The lowest BCUT2D eigenvalue weighted by Gasteiger charge is -2.12. The van der Waals surface area contributed by atoms with Crippen molar-refractivity contribution in [2.24, 2.45) is 0 Å². The largest absolute Gasteiger partial charge is 0.481 e. The van der Waals surface area contributed by atoms with Crippen LogP contribution in [-0.2, 0) is 11.2 Å². The Morgan fingerprint density at radius 1 is 1.20 bits per heavy atom. The van der Waals surface area contributed by atoms with E-state index in [0.717, 1.165) is 0 Å². The maximum absolute atomic E-state index is 10.7. The van der Waals surface area contributed by atoms with Crippen molar-refractivity contribution in [2.75, 3.05) is 5.73 Å². The fourth-order valence-corrected chi connectivity index (χ4v) is 2.12. The summed E-state index contributed by atoms with van der Waals surface area (Å²) in [6.07, 6.45) is -0.169. The molecule has 0 aliphatic carbocycles. The Balaban J connectivity index is 2.31. The number of aliphatic carboxylic acids is 1. The van der Waals surface area contributed by atoms with Gasteiger partial charge in [-0.1, -0.05) is 35.3 Å². The number of hydrogen-bond donors (Lipinski definition) is 2. The molecule has 3 N–H and O–H groups in total. The predicted molar refractivity (Wildman–Crippen MR) is 78.7 cm³/mol. The fourth-order valence-electron chi connectivity index (χ4n) is 1.67. The normalized spacial score (nSPS) is 10.3. The lowest BCUT2D eigenvalue weighted by molar-refractivity contribution is -0.136. The van der Waals surface area contributed by atoms with Gasteiger partial charge >= 0.3 is 5.97 Å². The molecule has 0 radical (unpaired) electrons. The Morgan fingerprint density at radius 3 is 2.60 bits per heavy atom. The minimum absolute atomic E-state index is 0.169. The second-order valence-electron chi connectivity index (χ2n) is 4.08. The Bertz CT molecular complexity index is 659. The van der Waals surface area contributed by atoms with Crippen LogP contribution in [0.5, 0.6) is 11.5 Å². The van der Waals surface area contributed by atoms with Crippen LogP contribution < -0.4 is 10.5 Å². The van der Waals surface area contributed by atoms with E-state index in [4.69, 9.17) is 38.8 Å². The maximum atomic E-state index is 10.7. The zero-order valence-corrected chi connectivity index (χ0v) is 11.8. The van der Waals surface area contributed by atoms with Crippen molar-refractivity contribution in [3.63, 3.8) is 0 Å². The summed E-state index contributed by atoms with van der Waals surface area (Å²) >= 11 is 11.8. The first-order chi connectivity index (χ1) is 9.47. The summed E-state index contributed by atoms with van der Waals surface area (Å²) in [6, 6.07) is 9.77. The third-order valence-electron chi connectivity index (χ3n) is 2.61. The highest BCUT2D eigenvalue weighted by Gasteiger charge is 2.11. The van der Waals surface area contributed by atoms with Crippen LogP contribution in [0.15, 0.2) is 36.4 Å². The van der Waals surface area contributed by atoms with Crippen molar-refractivity contribution in [1.29, 1.82) is 0 Å². The average molecular weight is 312 g/mol. The van der Waals surface area contributed by atoms with Gasteiger partial charge in [0.05, 0.1) is 17.1 Å². The highest BCUT2D eigenvalue weighted by atomic mass is 35.5. The van der Waals surface area contributed by atoms with Gasteiger partial charge in [-0.2, -0.15) is 0 Å². The molecule has 0 saturated carbocycles. The number of halogens is 2. The summed E-state index contributed by atoms with van der Waals surface area (Å²) in [4.78, 5) is 10.7. The van der Waals surface area contributed by atoms with Crippen molar-refractivity contribution in [3.05, 3.63) is 52.0 Å². The number of nitrogen functional groups attached to an aromatic ring is 1. The molecule has 2 aromatic rings. The van der Waals surface area contributed by atoms with Crippen LogP contribution in [0.4, 0.5) is 5.69 Å². The van der Waals surface area contributed by atoms with Gasteiger partial charge in [-0.15, -0.1) is 0 Å². The molecule has 20 heavy (non-hydrogen) atoms. The third-order valence-corrected chi connectivity index (χ3v) is 3.14. The molecule has 104 valence electrons. The first kappa shape index (κ1) is 14.5. The molecule has 0 unspecified atom stereocenters. The molecule has 4 nitrogen and oxygen atoms in total. The van der Waals surface area contributed by atoms with Crippen molar-refractivity contribution >= 4 is 34.9 Å². The minimum atomic E-state index is -0.960. The lowest BCUT2D eigenvalue weighted by Crippen LogP contribution is -2.04. The van der Waals surface area contributed by atoms with Crippen molar-refractivity contribution in [1.82, 2.24) is 0 Å². The molecule has 0 saturated heterocycles. The van der Waals surface area contributed by atoms with Gasteiger partial charge in [-0.3, -0.25) is 4.79 Å². The number of nitrogens with two attached hydrogens (primary N) is 1. The van der Waals surface area contributed by atoms with Gasteiger partial charge in [-0.05, 0) is 29.8 Å². The monoisotopic (exact) mass is 311 g/mol. The average Bonchev–Trinajstić information content (AvgIpc) is 2.36. The third kappa shape index (κ3) is 3.35. The minimum Gasteiger partial charge on any atom is -0.481 e. The predicted octanol–water partition coefficient (Wildman–Crippen LogP) is 4.00. The molecule has 0 spiro atoms. The zero-order valence-electron chi connectivity index (χ0n) is 10.3. The molecule has 0 aromatic heterocycles. The van der Waals surface area contributed by atoms with Gasteiger partial charge in [0, 0.05) is 5.02 Å². The molecule has 0 fully saturated rings. The molecular formula is C14H11Cl2NO3. The molecule has 0 atom stereocenters. The number of anilines is 1. The van der Waals surface area contributed by atoms with Crippen LogP contribution in [0.3, 0.4) is 0 Å². The van der Waals surface area contributed by atoms with Gasteiger partial charge in [0.25, 0.3) is 0 Å². The number of hydrogen-bond acceptors (Lipinski definition) is 3. The molecule has 2 aromatic carbocycles. The number of ether oxygens (including phenoxy) is 1. The van der Waals surface area contributed by atoms with Crippen molar-refractivity contribution in [2.45, 2.75) is 6.42 Å². The molecule has 0 amide bonds. The molecular weight excluding hydrogens is 301 g/mol. The highest BCUT2D eigenvalue weighted by molar-refractivity contribution is 6.35. The van der Waals surface area contributed by atoms with E-state index < -0.39 is 5.97 Å². The summed E-state index contributed by atoms with van der Waals surface area (Å²) in [5, 5.41) is 9.66. The molecule has 2 rings (SSSR count). The van der Waals surface area contributed by atoms with Crippen LogP contribution in [0, 0.1) is 0 Å². The van der Waals surface area contributed by atoms with Gasteiger partial charge in [-0.25, -0.2) is 0 Å². The summed E-state index contributed by atoms with van der Waals surface area (Å²) in [5.41, 5.74) is 6.67. The van der Waals surface area contributed by atoms with Crippen LogP contribution in [0.25, 0.3) is 0 Å². The van der Waals surface area contributed by atoms with Gasteiger partial charge < -0.3 is 15.6 Å². The summed E-state index contributed by atoms with van der Waals surface area (Å²) < 4.78 is 5.61. The van der Waals surface area contributed by atoms with Gasteiger partial charge in [0.2, 0.25) is 0 Å². The van der Waals surface area contributed by atoms with Gasteiger partial charge in [0.1, 0.15) is 5.75 Å². The van der Waals surface area contributed by atoms with Crippen molar-refractivity contribution in [3.8, 4) is 11.5 Å². The zero-order chi connectivity index (χ0) is 14.7. The highest BCUT2D eigenvalue weighted by Crippen LogP contribution is 2.35. The van der Waals surface area contributed by atoms with E-state index in [1.165, 1.54) is 0 Å². The van der Waals surface area contributed by atoms with Crippen LogP contribution >= 0.6 is 23.2 Å². The van der Waals surface area contributed by atoms with E-state index >= 15 is 0 Å². The van der Waals surface area contributed by atoms with Crippen LogP contribution in [-0.4, -0.2) is 11.1 Å². The molecule has 0 heterocycles. The van der Waals surface area contributed by atoms with Crippen molar-refractivity contribution < 1.29 is 14.6 Å². The summed E-state index contributed by atoms with van der Waals surface area (Å²) in [5.74, 6) is -0.207. The van der Waals surface area contributed by atoms with E-state index in [0.29, 0.717) is 27.1 Å². The summed E-state index contributed by atoms with van der Waals surface area (Å²) in [7, 11) is 0.